The lowest BCUT2D eigenvalue weighted by Gasteiger charge is -2.22. The molecule has 0 saturated heterocycles. The van der Waals surface area contributed by atoms with Gasteiger partial charge in [-0.05, 0) is 73.2 Å². The summed E-state index contributed by atoms with van der Waals surface area (Å²) in [6, 6.07) is 23.3. The van der Waals surface area contributed by atoms with Crippen LogP contribution in [0.2, 0.25) is 0 Å². The van der Waals surface area contributed by atoms with Gasteiger partial charge in [0.1, 0.15) is 0 Å². The Bertz CT molecular complexity index is 2260. The lowest BCUT2D eigenvalue weighted by atomic mass is 10.1. The summed E-state index contributed by atoms with van der Waals surface area (Å²) in [6.07, 6.45) is 3.81. The lowest BCUT2D eigenvalue weighted by molar-refractivity contribution is -0.677. The van der Waals surface area contributed by atoms with Crippen molar-refractivity contribution in [1.29, 1.82) is 0 Å². The fourth-order valence-corrected chi connectivity index (χ4v) is 6.46. The van der Waals surface area contributed by atoms with Gasteiger partial charge in [0.15, 0.2) is 12.3 Å². The molecule has 0 amide bonds. The van der Waals surface area contributed by atoms with E-state index in [0.29, 0.717) is 23.1 Å². The quantitative estimate of drug-likeness (QED) is 0.134. The van der Waals surface area contributed by atoms with E-state index in [1.54, 1.807) is 6.08 Å². The Morgan fingerprint density at radius 3 is 2.20 bits per heavy atom. The Kier molecular flexibility index (Phi) is 8.40. The number of nitrogens with zero attached hydrogens (tertiary/aromatic N) is 2. The molecule has 0 radical (unpaired) electrons. The van der Waals surface area contributed by atoms with Crippen LogP contribution in [0.15, 0.2) is 94.7 Å². The second-order valence-corrected chi connectivity index (χ2v) is 15.3. The van der Waals surface area contributed by atoms with E-state index >= 15 is 0 Å². The Hall–Kier alpha value is -4.23. The van der Waals surface area contributed by atoms with E-state index in [0.717, 1.165) is 38.3 Å². The molecule has 5 aromatic rings. The molecule has 1 aromatic heterocycles. The number of aromatic nitrogens is 1. The first-order valence-corrected chi connectivity index (χ1v) is 17.9. The van der Waals surface area contributed by atoms with E-state index < -0.39 is 30.7 Å². The number of ether oxygens (including phenoxy) is 1. The summed E-state index contributed by atoms with van der Waals surface area (Å²) in [4.78, 5) is 1.86. The topological polar surface area (TPSA) is 144 Å². The second-order valence-electron chi connectivity index (χ2n) is 11.7. The fraction of sp³-hybridized carbons (Fsp3) is 0.265. The van der Waals surface area contributed by atoms with Crippen LogP contribution in [0, 0.1) is 0 Å². The van der Waals surface area contributed by atoms with Gasteiger partial charge in [0, 0.05) is 24.3 Å². The molecule has 1 aliphatic heterocycles. The first-order chi connectivity index (χ1) is 21.8. The van der Waals surface area contributed by atoms with E-state index in [2.05, 4.69) is 0 Å². The molecule has 10 nitrogen and oxygen atoms in total. The molecule has 2 atom stereocenters. The van der Waals surface area contributed by atoms with Crippen LogP contribution in [-0.2, 0) is 26.8 Å². The molecule has 0 N–H and O–H groups in total. The van der Waals surface area contributed by atoms with Crippen LogP contribution in [-0.4, -0.2) is 43.0 Å². The van der Waals surface area contributed by atoms with Gasteiger partial charge in [-0.2, -0.15) is 4.57 Å². The van der Waals surface area contributed by atoms with Gasteiger partial charge in [0.25, 0.3) is 5.52 Å². The van der Waals surface area contributed by atoms with Crippen LogP contribution in [0.3, 0.4) is 0 Å². The summed E-state index contributed by atoms with van der Waals surface area (Å²) >= 11 is 0. The van der Waals surface area contributed by atoms with Crippen LogP contribution in [0.5, 0.6) is 5.75 Å². The van der Waals surface area contributed by atoms with Gasteiger partial charge >= 0.3 is 5.89 Å². The molecular formula is C34H33N2O8S2-. The van der Waals surface area contributed by atoms with Crippen molar-refractivity contribution in [2.45, 2.75) is 50.7 Å². The van der Waals surface area contributed by atoms with Crippen molar-refractivity contribution in [2.75, 3.05) is 11.4 Å². The minimum Gasteiger partial charge on any atom is -0.748 e. The average molecular weight is 662 g/mol. The molecule has 0 fully saturated rings. The van der Waals surface area contributed by atoms with Crippen molar-refractivity contribution < 1.29 is 39.7 Å². The number of oxazole rings is 1. The molecule has 0 saturated carbocycles. The minimum absolute atomic E-state index is 0.0932. The zero-order valence-electron chi connectivity index (χ0n) is 25.5. The van der Waals surface area contributed by atoms with E-state index in [4.69, 9.17) is 9.15 Å². The smallest absolute Gasteiger partial charge is 0.374 e. The number of hydrogen-bond acceptors (Lipinski definition) is 9. The normalized spacial score (nSPS) is 16.3. The molecule has 2 heterocycles. The molecule has 1 aliphatic rings. The van der Waals surface area contributed by atoms with Crippen molar-refractivity contribution >= 4 is 64.6 Å². The number of fused-ring (bicyclic) bond motifs is 5. The van der Waals surface area contributed by atoms with Gasteiger partial charge in [0.05, 0.1) is 42.6 Å². The first kappa shape index (κ1) is 31.7. The summed E-state index contributed by atoms with van der Waals surface area (Å²) < 4.78 is 84.6. The predicted molar refractivity (Wildman–Crippen MR) is 175 cm³/mol. The fourth-order valence-electron chi connectivity index (χ4n) is 5.67. The highest BCUT2D eigenvalue weighted by atomic mass is 32.2. The first-order valence-electron chi connectivity index (χ1n) is 14.9. The Morgan fingerprint density at radius 2 is 1.50 bits per heavy atom. The maximum Gasteiger partial charge on any atom is 0.374 e. The molecule has 0 bridgehead atoms. The van der Waals surface area contributed by atoms with Crippen molar-refractivity contribution in [2.24, 2.45) is 0 Å². The maximum absolute atomic E-state index is 11.7. The van der Waals surface area contributed by atoms with E-state index in [9.17, 15) is 25.9 Å². The van der Waals surface area contributed by atoms with Gasteiger partial charge in [-0.15, -0.1) is 0 Å². The summed E-state index contributed by atoms with van der Waals surface area (Å²) in [7, 11) is -8.93. The number of allylic oxidation sites excluding steroid dienone is 2. The number of anilines is 1. The predicted octanol–water partition coefficient (Wildman–Crippen LogP) is 5.82. The highest BCUT2D eigenvalue weighted by Crippen LogP contribution is 2.42. The van der Waals surface area contributed by atoms with Crippen LogP contribution in [0.25, 0.3) is 38.7 Å². The molecule has 240 valence electrons. The van der Waals surface area contributed by atoms with Gasteiger partial charge in [-0.3, -0.25) is 0 Å². The number of hydrogen-bond donors (Lipinski definition) is 0. The second kappa shape index (κ2) is 12.2. The summed E-state index contributed by atoms with van der Waals surface area (Å²) in [5.41, 5.74) is 2.87. The number of rotatable bonds is 10. The Morgan fingerprint density at radius 1 is 0.870 bits per heavy atom. The van der Waals surface area contributed by atoms with Crippen LogP contribution in [0.1, 0.15) is 39.5 Å². The zero-order valence-corrected chi connectivity index (χ0v) is 27.2. The Balaban J connectivity index is 1.42. The van der Waals surface area contributed by atoms with Crippen LogP contribution < -0.4 is 14.2 Å². The van der Waals surface area contributed by atoms with Crippen LogP contribution >= 0.6 is 0 Å². The maximum atomic E-state index is 11.7. The molecule has 6 rings (SSSR count). The summed E-state index contributed by atoms with van der Waals surface area (Å²) in [6.45, 7) is 5.12. The SMILES string of the molecule is CC(/C=C1\Oc2cc3ccccc3cc2N1CCC(C)S(=O)(=O)[O-])=C\c1oc2ccc3ccccc3c2[n+]1CCC(C)S(=O)(=O)[O-]. The van der Waals surface area contributed by atoms with E-state index in [1.807, 2.05) is 95.3 Å². The van der Waals surface area contributed by atoms with Gasteiger partial charge in [0.2, 0.25) is 11.5 Å². The minimum atomic E-state index is -4.47. The molecule has 0 spiro atoms. The molecule has 4 aromatic carbocycles. The van der Waals surface area contributed by atoms with E-state index in [-0.39, 0.29) is 25.9 Å². The lowest BCUT2D eigenvalue weighted by Crippen LogP contribution is -2.38. The highest BCUT2D eigenvalue weighted by molar-refractivity contribution is 7.86. The summed E-state index contributed by atoms with van der Waals surface area (Å²) in [5, 5.41) is 1.70. The average Bonchev–Trinajstić information content (AvgIpc) is 3.52. The van der Waals surface area contributed by atoms with Crippen molar-refractivity contribution in [3.63, 3.8) is 0 Å². The third-order valence-electron chi connectivity index (χ3n) is 8.42. The Labute approximate surface area is 267 Å². The molecular weight excluding hydrogens is 629 g/mol. The monoisotopic (exact) mass is 661 g/mol. The standard InChI is InChI=1S/C34H34N2O8S2/c1-22(18-32-35(16-14-23(2)45(37,38)39)29-20-26-9-4-5-10-27(26)21-31(29)44-32)19-33-36(17-15-24(3)46(40,41)42)34-28-11-7-6-8-25(28)12-13-30(34)43-33/h4-13,18-21,23-24H,14-17H2,1-3H3,(H-,37,38,39,40,41,42)/p-1. The highest BCUT2D eigenvalue weighted by Gasteiger charge is 2.29. The third kappa shape index (κ3) is 6.38. The molecule has 46 heavy (non-hydrogen) atoms. The van der Waals surface area contributed by atoms with Crippen molar-refractivity contribution in [3.8, 4) is 5.75 Å². The number of benzene rings is 4. The van der Waals surface area contributed by atoms with Crippen LogP contribution in [0.4, 0.5) is 5.69 Å². The van der Waals surface area contributed by atoms with Crippen molar-refractivity contribution in [1.82, 2.24) is 0 Å². The summed E-state index contributed by atoms with van der Waals surface area (Å²) in [5.74, 6) is 1.51. The molecule has 2 unspecified atom stereocenters. The van der Waals surface area contributed by atoms with E-state index in [1.165, 1.54) is 13.8 Å². The van der Waals surface area contributed by atoms with Gasteiger partial charge < -0.3 is 23.2 Å². The van der Waals surface area contributed by atoms with Gasteiger partial charge in [-0.1, -0.05) is 48.5 Å². The third-order valence-corrected chi connectivity index (χ3v) is 10.9. The largest absolute Gasteiger partial charge is 0.748 e. The molecule has 0 aliphatic carbocycles. The van der Waals surface area contributed by atoms with Gasteiger partial charge in [-0.25, -0.2) is 16.8 Å². The number of aryl methyl sites for hydroxylation is 1. The van der Waals surface area contributed by atoms with Crippen molar-refractivity contribution in [3.05, 3.63) is 96.2 Å². The molecule has 12 heteroatoms. The zero-order chi connectivity index (χ0) is 32.8.